The smallest absolute Gasteiger partial charge is 0.119 e. The van der Waals surface area contributed by atoms with Crippen molar-refractivity contribution in [2.75, 3.05) is 26.2 Å². The van der Waals surface area contributed by atoms with E-state index in [0.29, 0.717) is 0 Å². The largest absolute Gasteiger partial charge is 0.494 e. The minimum atomic E-state index is -0.788. The first-order chi connectivity index (χ1) is 9.95. The van der Waals surface area contributed by atoms with E-state index in [1.54, 1.807) is 13.8 Å². The molecule has 0 bridgehead atoms. The molecule has 1 aromatic carbocycles. The highest BCUT2D eigenvalue weighted by Crippen LogP contribution is 2.22. The fourth-order valence-electron chi connectivity index (χ4n) is 2.93. The number of benzene rings is 1. The summed E-state index contributed by atoms with van der Waals surface area (Å²) >= 11 is 0. The Bertz CT molecular complexity index is 422. The quantitative estimate of drug-likeness (QED) is 0.815. The van der Waals surface area contributed by atoms with Crippen LogP contribution in [0.4, 0.5) is 0 Å². The van der Waals surface area contributed by atoms with E-state index in [1.807, 2.05) is 24.3 Å². The fraction of sp³-hybridized carbons (Fsp3) is 0.667. The summed E-state index contributed by atoms with van der Waals surface area (Å²) in [6.45, 7) is 10.3. The summed E-state index contributed by atoms with van der Waals surface area (Å²) in [5.74, 6) is 1.73. The first-order valence-electron chi connectivity index (χ1n) is 8.13. The van der Waals surface area contributed by atoms with Crippen LogP contribution in [0.5, 0.6) is 5.75 Å². The van der Waals surface area contributed by atoms with Crippen LogP contribution in [-0.4, -0.2) is 36.2 Å². The molecule has 3 nitrogen and oxygen atoms in total. The van der Waals surface area contributed by atoms with Gasteiger partial charge < -0.3 is 14.7 Å². The average Bonchev–Trinajstić information content (AvgIpc) is 2.43. The molecule has 2 rings (SSSR count). The van der Waals surface area contributed by atoms with Crippen LogP contribution in [0.2, 0.25) is 0 Å². The van der Waals surface area contributed by atoms with Crippen molar-refractivity contribution in [1.82, 2.24) is 4.90 Å². The van der Waals surface area contributed by atoms with Gasteiger partial charge in [-0.3, -0.25) is 0 Å². The molecule has 0 spiro atoms. The predicted molar refractivity (Wildman–Crippen MR) is 86.6 cm³/mol. The Labute approximate surface area is 128 Å². The lowest BCUT2D eigenvalue weighted by Crippen LogP contribution is -2.35. The van der Waals surface area contributed by atoms with Crippen molar-refractivity contribution in [2.45, 2.75) is 45.6 Å². The number of rotatable bonds is 6. The summed E-state index contributed by atoms with van der Waals surface area (Å²) in [6.07, 6.45) is 3.78. The van der Waals surface area contributed by atoms with E-state index in [1.165, 1.54) is 25.9 Å². The Balaban J connectivity index is 1.69. The molecule has 3 heteroatoms. The van der Waals surface area contributed by atoms with Gasteiger partial charge in [0, 0.05) is 13.1 Å². The summed E-state index contributed by atoms with van der Waals surface area (Å²) in [6, 6.07) is 7.75. The average molecular weight is 291 g/mol. The maximum absolute atomic E-state index is 9.91. The Kier molecular flexibility index (Phi) is 5.65. The van der Waals surface area contributed by atoms with E-state index in [2.05, 4.69) is 11.8 Å². The summed E-state index contributed by atoms with van der Waals surface area (Å²) in [5, 5.41) is 9.91. The molecule has 0 radical (unpaired) electrons. The Morgan fingerprint density at radius 2 is 2.00 bits per heavy atom. The maximum Gasteiger partial charge on any atom is 0.119 e. The molecule has 21 heavy (non-hydrogen) atoms. The van der Waals surface area contributed by atoms with E-state index in [0.717, 1.165) is 36.8 Å². The standard InChI is InChI=1S/C18H29NO2/c1-15-6-4-11-19(14-15)12-5-13-21-17-9-7-16(8-10-17)18(2,3)20/h7-10,15,20H,4-6,11-14H2,1-3H3. The number of aliphatic hydroxyl groups is 1. The number of nitrogens with zero attached hydrogens (tertiary/aromatic N) is 1. The van der Waals surface area contributed by atoms with Gasteiger partial charge in [-0.1, -0.05) is 19.1 Å². The molecule has 118 valence electrons. The molecule has 0 amide bonds. The number of likely N-dealkylation sites (tertiary alicyclic amines) is 1. The zero-order valence-corrected chi connectivity index (χ0v) is 13.6. The maximum atomic E-state index is 9.91. The molecule has 1 aliphatic rings. The van der Waals surface area contributed by atoms with Gasteiger partial charge in [-0.15, -0.1) is 0 Å². The molecule has 1 heterocycles. The Morgan fingerprint density at radius 3 is 2.62 bits per heavy atom. The molecule has 1 aliphatic heterocycles. The van der Waals surface area contributed by atoms with Crippen molar-refractivity contribution >= 4 is 0 Å². The highest BCUT2D eigenvalue weighted by molar-refractivity contribution is 5.30. The second-order valence-electron chi connectivity index (χ2n) is 6.83. The van der Waals surface area contributed by atoms with Crippen LogP contribution in [0.15, 0.2) is 24.3 Å². The van der Waals surface area contributed by atoms with Crippen LogP contribution in [0, 0.1) is 5.92 Å². The Morgan fingerprint density at radius 1 is 1.29 bits per heavy atom. The van der Waals surface area contributed by atoms with Gasteiger partial charge in [-0.05, 0) is 63.3 Å². The first kappa shape index (κ1) is 16.3. The van der Waals surface area contributed by atoms with Crippen LogP contribution in [0.3, 0.4) is 0 Å². The lowest BCUT2D eigenvalue weighted by atomic mass is 9.99. The minimum absolute atomic E-state index is 0.757. The lowest BCUT2D eigenvalue weighted by Gasteiger charge is -2.30. The molecule has 0 aliphatic carbocycles. The summed E-state index contributed by atoms with van der Waals surface area (Å²) in [7, 11) is 0. The van der Waals surface area contributed by atoms with Gasteiger partial charge in [0.05, 0.1) is 12.2 Å². The number of hydrogen-bond acceptors (Lipinski definition) is 3. The van der Waals surface area contributed by atoms with Gasteiger partial charge in [0.2, 0.25) is 0 Å². The Hall–Kier alpha value is -1.06. The highest BCUT2D eigenvalue weighted by atomic mass is 16.5. The molecule has 1 aromatic rings. The topological polar surface area (TPSA) is 32.7 Å². The molecule has 1 unspecified atom stereocenters. The van der Waals surface area contributed by atoms with Crippen molar-refractivity contribution in [3.8, 4) is 5.75 Å². The third-order valence-electron chi connectivity index (χ3n) is 4.19. The van der Waals surface area contributed by atoms with E-state index in [4.69, 9.17) is 4.74 Å². The van der Waals surface area contributed by atoms with Gasteiger partial charge in [-0.2, -0.15) is 0 Å². The second kappa shape index (κ2) is 7.28. The van der Waals surface area contributed by atoms with Crippen molar-refractivity contribution in [3.63, 3.8) is 0 Å². The zero-order valence-electron chi connectivity index (χ0n) is 13.6. The molecule has 1 N–H and O–H groups in total. The van der Waals surface area contributed by atoms with Gasteiger partial charge in [-0.25, -0.2) is 0 Å². The van der Waals surface area contributed by atoms with Crippen LogP contribution in [0.25, 0.3) is 0 Å². The number of ether oxygens (including phenoxy) is 1. The zero-order chi connectivity index (χ0) is 15.3. The highest BCUT2D eigenvalue weighted by Gasteiger charge is 2.16. The van der Waals surface area contributed by atoms with E-state index in [9.17, 15) is 5.11 Å². The van der Waals surface area contributed by atoms with Crippen LogP contribution in [-0.2, 0) is 5.60 Å². The third-order valence-corrected chi connectivity index (χ3v) is 4.19. The SMILES string of the molecule is CC1CCCN(CCCOc2ccc(C(C)(C)O)cc2)C1. The summed E-state index contributed by atoms with van der Waals surface area (Å²) in [5.41, 5.74) is 0.126. The van der Waals surface area contributed by atoms with Crippen LogP contribution >= 0.6 is 0 Å². The molecule has 1 saturated heterocycles. The summed E-state index contributed by atoms with van der Waals surface area (Å²) < 4.78 is 5.78. The summed E-state index contributed by atoms with van der Waals surface area (Å²) in [4.78, 5) is 2.55. The van der Waals surface area contributed by atoms with Crippen LogP contribution < -0.4 is 4.74 Å². The van der Waals surface area contributed by atoms with Crippen LogP contribution in [0.1, 0.15) is 45.6 Å². The fourth-order valence-corrected chi connectivity index (χ4v) is 2.93. The molecule has 0 aromatic heterocycles. The normalized spacial score (nSPS) is 20.5. The minimum Gasteiger partial charge on any atom is -0.494 e. The van der Waals surface area contributed by atoms with E-state index in [-0.39, 0.29) is 0 Å². The first-order valence-corrected chi connectivity index (χ1v) is 8.13. The molecule has 1 fully saturated rings. The van der Waals surface area contributed by atoms with Gasteiger partial charge in [0.25, 0.3) is 0 Å². The third kappa shape index (κ3) is 5.33. The molecule has 0 saturated carbocycles. The van der Waals surface area contributed by atoms with Gasteiger partial charge >= 0.3 is 0 Å². The number of hydrogen-bond donors (Lipinski definition) is 1. The van der Waals surface area contributed by atoms with Crippen molar-refractivity contribution in [3.05, 3.63) is 29.8 Å². The van der Waals surface area contributed by atoms with E-state index >= 15 is 0 Å². The van der Waals surface area contributed by atoms with Gasteiger partial charge in [0.1, 0.15) is 5.75 Å². The lowest BCUT2D eigenvalue weighted by molar-refractivity contribution is 0.0785. The van der Waals surface area contributed by atoms with E-state index < -0.39 is 5.60 Å². The predicted octanol–water partition coefficient (Wildman–Crippen LogP) is 3.41. The molecular formula is C18H29NO2. The van der Waals surface area contributed by atoms with Crippen molar-refractivity contribution in [2.24, 2.45) is 5.92 Å². The number of piperidine rings is 1. The van der Waals surface area contributed by atoms with Crippen molar-refractivity contribution in [1.29, 1.82) is 0 Å². The van der Waals surface area contributed by atoms with Gasteiger partial charge in [0.15, 0.2) is 0 Å². The molecule has 1 atom stereocenters. The molecular weight excluding hydrogens is 262 g/mol. The van der Waals surface area contributed by atoms with Crippen molar-refractivity contribution < 1.29 is 9.84 Å². The second-order valence-corrected chi connectivity index (χ2v) is 6.83. The monoisotopic (exact) mass is 291 g/mol.